The number of carbonyl (C=O) groups excluding carboxylic acids is 1. The number of hydrogen-bond donors (Lipinski definition) is 3. The zero-order valence-corrected chi connectivity index (χ0v) is 24.0. The molecule has 3 aromatic heterocycles. The molecule has 0 aliphatic carbocycles. The molecule has 0 bridgehead atoms. The fraction of sp³-hybridized carbons (Fsp3) is 0.250. The monoisotopic (exact) mass is 574 g/mol. The van der Waals surface area contributed by atoms with Gasteiger partial charge in [-0.3, -0.25) is 5.32 Å². The van der Waals surface area contributed by atoms with Crippen molar-refractivity contribution >= 4 is 44.2 Å². The van der Waals surface area contributed by atoms with Gasteiger partial charge in [-0.2, -0.15) is 5.10 Å². The SMILES string of the molecule is CC(C)S(=O)(=O)c1ccc(-c2nn(-c3ccc(NC(=O)Nc4cc(C(C)(C)C)on4)cc3)c3ncnc(N)c23)cc1. The highest BCUT2D eigenvalue weighted by atomic mass is 32.2. The molecule has 0 aliphatic heterocycles. The summed E-state index contributed by atoms with van der Waals surface area (Å²) in [6, 6.07) is 14.7. The minimum atomic E-state index is -3.42. The number of aromatic nitrogens is 5. The van der Waals surface area contributed by atoms with Gasteiger partial charge in [0.15, 0.2) is 21.3 Å². The molecule has 2 amide bonds. The zero-order valence-electron chi connectivity index (χ0n) is 23.2. The van der Waals surface area contributed by atoms with E-state index in [1.54, 1.807) is 73.1 Å². The molecule has 5 aromatic rings. The van der Waals surface area contributed by atoms with Gasteiger partial charge in [0.2, 0.25) is 0 Å². The Balaban J connectivity index is 1.40. The van der Waals surface area contributed by atoms with Gasteiger partial charge in [0, 0.05) is 22.7 Å². The van der Waals surface area contributed by atoms with E-state index in [0.29, 0.717) is 45.2 Å². The quantitative estimate of drug-likeness (QED) is 0.247. The average molecular weight is 575 g/mol. The highest BCUT2D eigenvalue weighted by Crippen LogP contribution is 2.33. The number of anilines is 3. The number of fused-ring (bicyclic) bond motifs is 1. The number of hydrogen-bond acceptors (Lipinski definition) is 9. The number of sulfone groups is 1. The van der Waals surface area contributed by atoms with Crippen LogP contribution < -0.4 is 16.4 Å². The Kier molecular flexibility index (Phi) is 6.99. The van der Waals surface area contributed by atoms with Gasteiger partial charge >= 0.3 is 6.03 Å². The number of nitrogens with two attached hydrogens (primary N) is 1. The van der Waals surface area contributed by atoms with Gasteiger partial charge in [-0.25, -0.2) is 27.9 Å². The van der Waals surface area contributed by atoms with Crippen molar-refractivity contribution in [2.24, 2.45) is 0 Å². The Labute approximate surface area is 236 Å². The van der Waals surface area contributed by atoms with Crippen LogP contribution in [-0.4, -0.2) is 44.6 Å². The molecule has 212 valence electrons. The molecule has 12 nitrogen and oxygen atoms in total. The second-order valence-electron chi connectivity index (χ2n) is 10.8. The molecule has 3 heterocycles. The summed E-state index contributed by atoms with van der Waals surface area (Å²) in [5.41, 5.74) is 8.84. The van der Waals surface area contributed by atoms with E-state index < -0.39 is 21.1 Å². The second-order valence-corrected chi connectivity index (χ2v) is 13.3. The number of carbonyl (C=O) groups is 1. The van der Waals surface area contributed by atoms with E-state index in [4.69, 9.17) is 15.4 Å². The Morgan fingerprint density at radius 3 is 2.29 bits per heavy atom. The predicted molar refractivity (Wildman–Crippen MR) is 157 cm³/mol. The van der Waals surface area contributed by atoms with E-state index in [9.17, 15) is 13.2 Å². The zero-order chi connectivity index (χ0) is 29.5. The number of benzene rings is 2. The molecule has 0 atom stereocenters. The van der Waals surface area contributed by atoms with E-state index in [2.05, 4.69) is 25.8 Å². The first kappa shape index (κ1) is 27.8. The van der Waals surface area contributed by atoms with E-state index in [0.717, 1.165) is 0 Å². The minimum absolute atomic E-state index is 0.231. The van der Waals surface area contributed by atoms with Gasteiger partial charge in [0.25, 0.3) is 0 Å². The molecule has 0 saturated carbocycles. The minimum Gasteiger partial charge on any atom is -0.383 e. The smallest absolute Gasteiger partial charge is 0.324 e. The van der Waals surface area contributed by atoms with Crippen LogP contribution in [0, 0.1) is 0 Å². The van der Waals surface area contributed by atoms with E-state index >= 15 is 0 Å². The summed E-state index contributed by atoms with van der Waals surface area (Å²) in [5, 5.41) is 14.1. The number of nitrogens with zero attached hydrogens (tertiary/aromatic N) is 5. The molecule has 5 rings (SSSR count). The maximum atomic E-state index is 12.6. The lowest BCUT2D eigenvalue weighted by molar-refractivity contribution is 0.262. The highest BCUT2D eigenvalue weighted by molar-refractivity contribution is 7.92. The fourth-order valence-electron chi connectivity index (χ4n) is 4.08. The third kappa shape index (κ3) is 5.48. The van der Waals surface area contributed by atoms with Crippen molar-refractivity contribution in [3.05, 3.63) is 66.7 Å². The summed E-state index contributed by atoms with van der Waals surface area (Å²) in [5.74, 6) is 1.21. The third-order valence-electron chi connectivity index (χ3n) is 6.43. The molecular weight excluding hydrogens is 544 g/mol. The molecule has 2 aromatic carbocycles. The number of urea groups is 1. The van der Waals surface area contributed by atoms with Gasteiger partial charge < -0.3 is 15.6 Å². The summed E-state index contributed by atoms with van der Waals surface area (Å²) in [6.45, 7) is 9.25. The molecular formula is C28H30N8O4S. The first-order chi connectivity index (χ1) is 19.3. The topological polar surface area (TPSA) is 171 Å². The predicted octanol–water partition coefficient (Wildman–Crippen LogP) is 5.18. The van der Waals surface area contributed by atoms with Crippen molar-refractivity contribution in [2.75, 3.05) is 16.4 Å². The van der Waals surface area contributed by atoms with Crippen LogP contribution >= 0.6 is 0 Å². The van der Waals surface area contributed by atoms with Crippen molar-refractivity contribution in [3.63, 3.8) is 0 Å². The van der Waals surface area contributed by atoms with Crippen LogP contribution in [0.25, 0.3) is 28.0 Å². The molecule has 4 N–H and O–H groups in total. The van der Waals surface area contributed by atoms with E-state index in [1.807, 2.05) is 20.8 Å². The first-order valence-electron chi connectivity index (χ1n) is 12.8. The van der Waals surface area contributed by atoms with Crippen LogP contribution in [0.2, 0.25) is 0 Å². The van der Waals surface area contributed by atoms with Gasteiger partial charge in [-0.1, -0.05) is 38.1 Å². The summed E-state index contributed by atoms with van der Waals surface area (Å²) in [4.78, 5) is 21.3. The lowest BCUT2D eigenvalue weighted by Crippen LogP contribution is -2.19. The first-order valence-corrected chi connectivity index (χ1v) is 14.4. The largest absolute Gasteiger partial charge is 0.383 e. The molecule has 41 heavy (non-hydrogen) atoms. The molecule has 0 aliphatic rings. The van der Waals surface area contributed by atoms with Crippen LogP contribution in [0.5, 0.6) is 0 Å². The number of nitrogens with one attached hydrogen (secondary N) is 2. The molecule has 0 unspecified atom stereocenters. The van der Waals surface area contributed by atoms with E-state index in [-0.39, 0.29) is 16.1 Å². The summed E-state index contributed by atoms with van der Waals surface area (Å²) in [6.07, 6.45) is 1.35. The molecule has 13 heteroatoms. The van der Waals surface area contributed by atoms with Crippen LogP contribution in [0.4, 0.5) is 22.1 Å². The Hall–Kier alpha value is -4.78. The highest BCUT2D eigenvalue weighted by Gasteiger charge is 2.22. The van der Waals surface area contributed by atoms with Crippen LogP contribution in [0.1, 0.15) is 40.4 Å². The second kappa shape index (κ2) is 10.3. The Bertz CT molecular complexity index is 1840. The normalized spacial score (nSPS) is 12.1. The van der Waals surface area contributed by atoms with E-state index in [1.165, 1.54) is 6.33 Å². The number of nitrogen functional groups attached to an aromatic ring is 1. The summed E-state index contributed by atoms with van der Waals surface area (Å²) >= 11 is 0. The number of rotatable bonds is 6. The van der Waals surface area contributed by atoms with Crippen molar-refractivity contribution in [1.82, 2.24) is 24.9 Å². The standard InChI is InChI=1S/C28H30N8O4S/c1-16(2)41(38,39)20-12-6-17(7-13-20)24-23-25(29)30-15-31-26(23)36(34-24)19-10-8-18(9-11-19)32-27(37)33-22-14-21(40-35-22)28(3,4)5/h6-16H,1-5H3,(H2,29,30,31)(H2,32,33,35,37). The van der Waals surface area contributed by atoms with Gasteiger partial charge in [-0.05, 0) is 50.2 Å². The van der Waals surface area contributed by atoms with Crippen molar-refractivity contribution in [2.45, 2.75) is 50.2 Å². The summed E-state index contributed by atoms with van der Waals surface area (Å²) in [7, 11) is -3.42. The van der Waals surface area contributed by atoms with Gasteiger partial charge in [0.1, 0.15) is 23.6 Å². The number of amides is 2. The third-order valence-corrected chi connectivity index (χ3v) is 8.60. The van der Waals surface area contributed by atoms with Gasteiger partial charge in [0.05, 0.1) is 21.2 Å². The Morgan fingerprint density at radius 1 is 1.00 bits per heavy atom. The molecule has 0 saturated heterocycles. The lowest BCUT2D eigenvalue weighted by Gasteiger charge is -2.12. The maximum absolute atomic E-state index is 12.6. The van der Waals surface area contributed by atoms with Crippen molar-refractivity contribution in [1.29, 1.82) is 0 Å². The van der Waals surface area contributed by atoms with Gasteiger partial charge in [-0.15, -0.1) is 0 Å². The van der Waals surface area contributed by atoms with Crippen LogP contribution in [-0.2, 0) is 15.3 Å². The summed E-state index contributed by atoms with van der Waals surface area (Å²) < 4.78 is 32.0. The molecule has 0 radical (unpaired) electrons. The molecule has 0 spiro atoms. The Morgan fingerprint density at radius 2 is 1.68 bits per heavy atom. The van der Waals surface area contributed by atoms with Crippen LogP contribution in [0.3, 0.4) is 0 Å². The maximum Gasteiger partial charge on any atom is 0.324 e. The fourth-order valence-corrected chi connectivity index (χ4v) is 5.14. The van der Waals surface area contributed by atoms with Crippen LogP contribution in [0.15, 0.2) is 70.3 Å². The lowest BCUT2D eigenvalue weighted by atomic mass is 9.93. The average Bonchev–Trinajstić information content (AvgIpc) is 3.55. The van der Waals surface area contributed by atoms with Crippen molar-refractivity contribution in [3.8, 4) is 16.9 Å². The molecule has 0 fully saturated rings. The van der Waals surface area contributed by atoms with Crippen molar-refractivity contribution < 1.29 is 17.7 Å².